The number of rotatable bonds is 3. The third-order valence-electron chi connectivity index (χ3n) is 6.94. The van der Waals surface area contributed by atoms with Crippen molar-refractivity contribution in [3.8, 4) is 0 Å². The predicted molar refractivity (Wildman–Crippen MR) is 107 cm³/mol. The van der Waals surface area contributed by atoms with E-state index >= 15 is 0 Å². The molecule has 2 fully saturated rings. The minimum Gasteiger partial charge on any atom is -0.478 e. The number of benzene rings is 1. The Morgan fingerprint density at radius 3 is 2.39 bits per heavy atom. The highest BCUT2D eigenvalue weighted by molar-refractivity contribution is 5.89. The second kappa shape index (κ2) is 9.34. The maximum atomic E-state index is 9.55. The highest BCUT2D eigenvalue weighted by atomic mass is 16.4. The van der Waals surface area contributed by atoms with E-state index in [9.17, 15) is 9.59 Å². The molecule has 2 saturated carbocycles. The van der Waals surface area contributed by atoms with Crippen LogP contribution in [0, 0.1) is 17.3 Å². The summed E-state index contributed by atoms with van der Waals surface area (Å²) in [5.74, 6) is 0.173. The van der Waals surface area contributed by atoms with Gasteiger partial charge in [0.2, 0.25) is 0 Å². The molecule has 0 radical (unpaired) electrons. The van der Waals surface area contributed by atoms with Crippen molar-refractivity contribution in [2.75, 3.05) is 6.54 Å². The fraction of sp³-hybridized carbons (Fsp3) is 0.545. The number of nitrogens with two attached hydrogens (primary N) is 1. The first kappa shape index (κ1) is 22.1. The van der Waals surface area contributed by atoms with Crippen LogP contribution in [0.5, 0.6) is 0 Å². The van der Waals surface area contributed by atoms with E-state index in [2.05, 4.69) is 24.3 Å². The second-order valence-electron chi connectivity index (χ2n) is 8.12. The van der Waals surface area contributed by atoms with Gasteiger partial charge < -0.3 is 21.4 Å². The van der Waals surface area contributed by atoms with Crippen molar-refractivity contribution in [1.29, 1.82) is 0 Å². The fourth-order valence-corrected chi connectivity index (χ4v) is 5.81. The van der Waals surface area contributed by atoms with E-state index in [-0.39, 0.29) is 5.48 Å². The minimum absolute atomic E-state index is 0. The fourth-order valence-electron chi connectivity index (χ4n) is 5.81. The van der Waals surface area contributed by atoms with Crippen LogP contribution < -0.4 is 5.73 Å². The Balaban J connectivity index is 0.000000270. The number of fused-ring (bicyclic) bond motifs is 5. The molecule has 6 nitrogen and oxygen atoms in total. The molecule has 4 rings (SSSR count). The van der Waals surface area contributed by atoms with Crippen molar-refractivity contribution >= 4 is 11.9 Å². The van der Waals surface area contributed by atoms with Crippen LogP contribution >= 0.6 is 0 Å². The third kappa shape index (κ3) is 4.45. The quantitative estimate of drug-likeness (QED) is 0.684. The second-order valence-corrected chi connectivity index (χ2v) is 8.12. The molecule has 0 aromatic heterocycles. The van der Waals surface area contributed by atoms with Gasteiger partial charge in [0.25, 0.3) is 0 Å². The van der Waals surface area contributed by atoms with Crippen LogP contribution in [0.4, 0.5) is 0 Å². The summed E-state index contributed by atoms with van der Waals surface area (Å²) >= 11 is 0. The summed E-state index contributed by atoms with van der Waals surface area (Å²) in [4.78, 5) is 19.1. The highest BCUT2D eigenvalue weighted by Gasteiger charge is 2.51. The molecule has 0 unspecified atom stereocenters. The number of carboxylic acids is 2. The standard InChI is InChI=1S/C18H25N.C4H4O4.H2O/c19-12-18-10-3-6-17(18)16-8-7-13-4-1-2-5-14(13)15(16)9-11-18;5-3(6)1-2-4(7)8;/h1-2,4-5,15-17H,3,6-12,19H2;1-2H,(H,5,6)(H,7,8);1H2/b;2-1+;/t15-,16-,17+,18+;;/m1../s1. The van der Waals surface area contributed by atoms with Gasteiger partial charge in [-0.15, -0.1) is 0 Å². The van der Waals surface area contributed by atoms with E-state index in [1.165, 1.54) is 44.9 Å². The summed E-state index contributed by atoms with van der Waals surface area (Å²) in [5.41, 5.74) is 10.0. The molecule has 3 aliphatic carbocycles. The van der Waals surface area contributed by atoms with Gasteiger partial charge in [0.1, 0.15) is 0 Å². The molecule has 3 aliphatic rings. The van der Waals surface area contributed by atoms with Gasteiger partial charge in [-0.05, 0) is 79.4 Å². The molecule has 0 heterocycles. The van der Waals surface area contributed by atoms with Gasteiger partial charge in [-0.3, -0.25) is 0 Å². The molecule has 0 saturated heterocycles. The van der Waals surface area contributed by atoms with E-state index in [0.717, 1.165) is 24.3 Å². The first-order valence-corrected chi connectivity index (χ1v) is 9.88. The number of aryl methyl sites for hydroxylation is 1. The van der Waals surface area contributed by atoms with E-state index in [1.54, 1.807) is 11.1 Å². The van der Waals surface area contributed by atoms with Crippen LogP contribution in [0.25, 0.3) is 0 Å². The lowest BCUT2D eigenvalue weighted by Crippen LogP contribution is -2.45. The lowest BCUT2D eigenvalue weighted by Gasteiger charge is -2.50. The topological polar surface area (TPSA) is 132 Å². The van der Waals surface area contributed by atoms with Crippen LogP contribution in [-0.4, -0.2) is 34.2 Å². The predicted octanol–water partition coefficient (Wildman–Crippen LogP) is 2.76. The summed E-state index contributed by atoms with van der Waals surface area (Å²) in [7, 11) is 0. The number of aliphatic carboxylic acids is 2. The summed E-state index contributed by atoms with van der Waals surface area (Å²) < 4.78 is 0. The largest absolute Gasteiger partial charge is 0.478 e. The Morgan fingerprint density at radius 1 is 1.07 bits per heavy atom. The van der Waals surface area contributed by atoms with Crippen molar-refractivity contribution in [3.05, 3.63) is 47.5 Å². The number of carboxylic acid groups (broad SMARTS) is 2. The zero-order valence-electron chi connectivity index (χ0n) is 16.1. The van der Waals surface area contributed by atoms with Gasteiger partial charge in [0, 0.05) is 12.2 Å². The van der Waals surface area contributed by atoms with Gasteiger partial charge in [-0.2, -0.15) is 0 Å². The van der Waals surface area contributed by atoms with E-state index in [4.69, 9.17) is 15.9 Å². The van der Waals surface area contributed by atoms with Crippen LogP contribution in [0.15, 0.2) is 36.4 Å². The maximum absolute atomic E-state index is 9.55. The van der Waals surface area contributed by atoms with E-state index in [0.29, 0.717) is 17.6 Å². The number of hydrogen-bond donors (Lipinski definition) is 3. The average molecular weight is 389 g/mol. The molecule has 6 N–H and O–H groups in total. The highest BCUT2D eigenvalue weighted by Crippen LogP contribution is 2.60. The van der Waals surface area contributed by atoms with Gasteiger partial charge in [-0.1, -0.05) is 30.7 Å². The first-order chi connectivity index (χ1) is 13.0. The Kier molecular flexibility index (Phi) is 7.38. The van der Waals surface area contributed by atoms with Crippen molar-refractivity contribution < 1.29 is 25.3 Å². The van der Waals surface area contributed by atoms with Crippen molar-refractivity contribution in [3.63, 3.8) is 0 Å². The summed E-state index contributed by atoms with van der Waals surface area (Å²) in [6.07, 6.45) is 10.9. The molecular formula is C22H31NO5. The van der Waals surface area contributed by atoms with Crippen LogP contribution in [0.2, 0.25) is 0 Å². The zero-order valence-corrected chi connectivity index (χ0v) is 16.1. The van der Waals surface area contributed by atoms with Crippen molar-refractivity contribution in [1.82, 2.24) is 0 Å². The van der Waals surface area contributed by atoms with Crippen molar-refractivity contribution in [2.45, 2.75) is 50.9 Å². The molecular weight excluding hydrogens is 358 g/mol. The molecule has 0 bridgehead atoms. The molecule has 0 spiro atoms. The molecule has 28 heavy (non-hydrogen) atoms. The number of hydrogen-bond acceptors (Lipinski definition) is 3. The minimum atomic E-state index is -1.26. The molecule has 4 atom stereocenters. The van der Waals surface area contributed by atoms with Crippen LogP contribution in [0.1, 0.15) is 55.6 Å². The third-order valence-corrected chi connectivity index (χ3v) is 6.94. The number of carbonyl (C=O) groups is 2. The van der Waals surface area contributed by atoms with Gasteiger partial charge >= 0.3 is 11.9 Å². The van der Waals surface area contributed by atoms with Gasteiger partial charge in [0.15, 0.2) is 0 Å². The average Bonchev–Trinajstić information content (AvgIpc) is 3.11. The Hall–Kier alpha value is -2.18. The van der Waals surface area contributed by atoms with Gasteiger partial charge in [-0.25, -0.2) is 9.59 Å². The Bertz CT molecular complexity index is 715. The summed E-state index contributed by atoms with van der Waals surface area (Å²) in [6, 6.07) is 9.20. The van der Waals surface area contributed by atoms with E-state index in [1.807, 2.05) is 0 Å². The molecule has 1 aromatic carbocycles. The lowest BCUT2D eigenvalue weighted by atomic mass is 9.55. The Labute approximate surface area is 165 Å². The molecule has 1 aromatic rings. The lowest BCUT2D eigenvalue weighted by molar-refractivity contribution is -0.134. The van der Waals surface area contributed by atoms with E-state index < -0.39 is 11.9 Å². The van der Waals surface area contributed by atoms with Crippen molar-refractivity contribution in [2.24, 2.45) is 23.0 Å². The van der Waals surface area contributed by atoms with Gasteiger partial charge in [0.05, 0.1) is 0 Å². The molecule has 6 heteroatoms. The molecule has 154 valence electrons. The SMILES string of the molecule is NC[C@@]12CCC[C@H]1[C@@H]1CCc3ccccc3[C@H]1CC2.O.O=C(O)/C=C/C(=O)O. The smallest absolute Gasteiger partial charge is 0.328 e. The monoisotopic (exact) mass is 389 g/mol. The maximum Gasteiger partial charge on any atom is 0.328 e. The summed E-state index contributed by atoms with van der Waals surface area (Å²) in [6.45, 7) is 0.933. The normalized spacial score (nSPS) is 30.1. The zero-order chi connectivity index (χ0) is 19.4. The first-order valence-electron chi connectivity index (χ1n) is 9.88. The molecule has 0 amide bonds. The van der Waals surface area contributed by atoms with Crippen LogP contribution in [0.3, 0.4) is 0 Å². The Morgan fingerprint density at radius 2 is 1.75 bits per heavy atom. The summed E-state index contributed by atoms with van der Waals surface area (Å²) in [5, 5.41) is 15.6. The van der Waals surface area contributed by atoms with Crippen LogP contribution in [-0.2, 0) is 16.0 Å². The molecule has 0 aliphatic heterocycles.